The fraction of sp³-hybridized carbons (Fsp3) is 0.731. The Bertz CT molecular complexity index is 1290. The summed E-state index contributed by atoms with van der Waals surface area (Å²) < 4.78 is 1.73. The third-order valence-corrected chi connectivity index (χ3v) is 10.7. The molecule has 3 saturated heterocycles. The third kappa shape index (κ3) is 5.17. The van der Waals surface area contributed by atoms with Gasteiger partial charge in [0.2, 0.25) is 11.8 Å². The average molecular weight is 588 g/mol. The number of nitrogens with two attached hydrogens (primary N) is 1. The number of carbonyl (C=O) groups is 4. The van der Waals surface area contributed by atoms with Gasteiger partial charge >= 0.3 is 5.97 Å². The van der Waals surface area contributed by atoms with Gasteiger partial charge in [-0.25, -0.2) is 9.48 Å². The summed E-state index contributed by atoms with van der Waals surface area (Å²) in [5.41, 5.74) is 6.03. The summed E-state index contributed by atoms with van der Waals surface area (Å²) in [5.74, 6) is -1.31. The molecule has 6 heterocycles. The highest BCUT2D eigenvalue weighted by molar-refractivity contribution is 8.03. The second-order valence-corrected chi connectivity index (χ2v) is 13.4. The van der Waals surface area contributed by atoms with Crippen molar-refractivity contribution in [1.29, 1.82) is 0 Å². The molecule has 2 unspecified atom stereocenters. The van der Waals surface area contributed by atoms with Crippen LogP contribution in [-0.4, -0.2) is 120 Å². The summed E-state index contributed by atoms with van der Waals surface area (Å²) in [4.78, 5) is 57.5. The fourth-order valence-electron chi connectivity index (χ4n) is 7.10. The molecule has 15 heteroatoms. The molecule has 3 fully saturated rings. The van der Waals surface area contributed by atoms with Crippen molar-refractivity contribution in [1.82, 2.24) is 40.2 Å². The lowest BCUT2D eigenvalue weighted by atomic mass is 9.73. The molecule has 4 N–H and O–H groups in total. The van der Waals surface area contributed by atoms with Crippen LogP contribution in [0, 0.1) is 17.8 Å². The number of thioether (sulfide) groups is 1. The number of carboxylic acids is 1. The van der Waals surface area contributed by atoms with Gasteiger partial charge in [0.1, 0.15) is 11.5 Å². The Balaban J connectivity index is 1.07. The van der Waals surface area contributed by atoms with Crippen molar-refractivity contribution in [3.05, 3.63) is 16.4 Å². The van der Waals surface area contributed by atoms with Crippen LogP contribution in [0.4, 0.5) is 0 Å². The fourth-order valence-corrected chi connectivity index (χ4v) is 8.57. The van der Waals surface area contributed by atoms with Crippen LogP contribution < -0.4 is 11.1 Å². The van der Waals surface area contributed by atoms with Crippen LogP contribution in [0.25, 0.3) is 0 Å². The molecule has 0 radical (unpaired) electrons. The molecule has 2 amide bonds. The molecular weight excluding hydrogens is 550 g/mol. The molecule has 0 aliphatic carbocycles. The van der Waals surface area contributed by atoms with Crippen LogP contribution in [0.1, 0.15) is 38.9 Å². The van der Waals surface area contributed by atoms with Gasteiger partial charge in [0, 0.05) is 54.7 Å². The predicted molar refractivity (Wildman–Crippen MR) is 147 cm³/mol. The lowest BCUT2D eigenvalue weighted by Gasteiger charge is -2.47. The number of hydrogen-bond acceptors (Lipinski definition) is 11. The molecule has 0 aromatic carbocycles. The molecule has 5 aliphatic rings. The second-order valence-electron chi connectivity index (χ2n) is 12.0. The standard InChI is InChI=1S/C26H37N9O5S/c1-13(7-16(36)11-32-5-6-34-19(12-32)29-30-31-34)20-21-14(2)23(22(26(39)40)35(21)25(20)38)41-17-8-18(28-9-17)24(37)33-4-3-15(27)10-33/h13-15,17-18,20-21,28H,3-12,27H2,1-2H3,(H,39,40)/t13-,14+,15+,17?,18?,20+,21+/m0/s1. The molecule has 6 rings (SSSR count). The highest BCUT2D eigenvalue weighted by Crippen LogP contribution is 2.53. The summed E-state index contributed by atoms with van der Waals surface area (Å²) in [6, 6.07) is -0.573. The number of likely N-dealkylation sites (tertiary alicyclic amines) is 1. The van der Waals surface area contributed by atoms with E-state index in [0.29, 0.717) is 50.6 Å². The number of rotatable bonds is 9. The Morgan fingerprint density at radius 1 is 1.24 bits per heavy atom. The first-order valence-corrected chi connectivity index (χ1v) is 15.2. The molecule has 5 aliphatic heterocycles. The molecule has 0 spiro atoms. The van der Waals surface area contributed by atoms with Gasteiger partial charge in [-0.15, -0.1) is 16.9 Å². The number of hydrogen-bond donors (Lipinski definition) is 3. The molecule has 222 valence electrons. The molecule has 0 bridgehead atoms. The molecule has 14 nitrogen and oxygen atoms in total. The average Bonchev–Trinajstić information content (AvgIpc) is 3.71. The van der Waals surface area contributed by atoms with Crippen LogP contribution in [0.2, 0.25) is 0 Å². The zero-order chi connectivity index (χ0) is 29.0. The molecule has 41 heavy (non-hydrogen) atoms. The van der Waals surface area contributed by atoms with E-state index in [9.17, 15) is 24.3 Å². The van der Waals surface area contributed by atoms with Gasteiger partial charge in [-0.05, 0) is 29.2 Å². The number of ketones is 1. The summed E-state index contributed by atoms with van der Waals surface area (Å²) in [6.45, 7) is 7.77. The minimum Gasteiger partial charge on any atom is -0.477 e. The molecule has 7 atom stereocenters. The van der Waals surface area contributed by atoms with E-state index in [4.69, 9.17) is 5.73 Å². The number of nitrogens with one attached hydrogen (secondary N) is 1. The van der Waals surface area contributed by atoms with Gasteiger partial charge in [-0.2, -0.15) is 0 Å². The monoisotopic (exact) mass is 587 g/mol. The number of carboxylic acid groups (broad SMARTS) is 1. The minimum atomic E-state index is -1.12. The summed E-state index contributed by atoms with van der Waals surface area (Å²) in [6.07, 6.45) is 1.64. The first-order chi connectivity index (χ1) is 19.6. The number of β-lactam (4-membered cyclic amide) rings is 1. The van der Waals surface area contributed by atoms with E-state index in [0.717, 1.165) is 12.2 Å². The Kier molecular flexibility index (Phi) is 7.63. The van der Waals surface area contributed by atoms with Crippen molar-refractivity contribution >= 4 is 35.3 Å². The number of aromatic nitrogens is 4. The Labute approximate surface area is 242 Å². The molecular formula is C26H37N9O5S. The SMILES string of the molecule is C[C@@H](CC(=O)CN1CCn2nnnc2C1)[C@H]1C(=O)N2C(C(=O)O)=C(SC3CNC(C(=O)N4CC[C@@H](N)C4)C3)[C@H](C)[C@H]12. The number of aliphatic carboxylic acids is 1. The first kappa shape index (κ1) is 28.2. The largest absolute Gasteiger partial charge is 0.477 e. The van der Waals surface area contributed by atoms with E-state index in [1.807, 2.05) is 23.6 Å². The van der Waals surface area contributed by atoms with Gasteiger partial charge in [0.05, 0.1) is 37.6 Å². The lowest BCUT2D eigenvalue weighted by molar-refractivity contribution is -0.160. The van der Waals surface area contributed by atoms with Crippen LogP contribution >= 0.6 is 11.8 Å². The Morgan fingerprint density at radius 3 is 2.78 bits per heavy atom. The Hall–Kier alpha value is -2.88. The van der Waals surface area contributed by atoms with E-state index < -0.39 is 11.9 Å². The van der Waals surface area contributed by atoms with Crippen molar-refractivity contribution in [3.8, 4) is 0 Å². The topological polar surface area (TPSA) is 180 Å². The van der Waals surface area contributed by atoms with Gasteiger partial charge < -0.3 is 26.0 Å². The van der Waals surface area contributed by atoms with E-state index in [1.54, 1.807) is 4.68 Å². The second kappa shape index (κ2) is 11.1. The normalized spacial score (nSPS) is 32.2. The minimum absolute atomic E-state index is 0.0174. The number of nitrogens with zero attached hydrogens (tertiary/aromatic N) is 7. The van der Waals surface area contributed by atoms with Crippen molar-refractivity contribution in [2.24, 2.45) is 23.5 Å². The summed E-state index contributed by atoms with van der Waals surface area (Å²) in [5, 5.41) is 25.0. The van der Waals surface area contributed by atoms with Crippen molar-refractivity contribution in [3.63, 3.8) is 0 Å². The molecule has 1 aromatic heterocycles. The highest BCUT2D eigenvalue weighted by atomic mass is 32.2. The van der Waals surface area contributed by atoms with E-state index in [-0.39, 0.29) is 71.5 Å². The predicted octanol–water partition coefficient (Wildman–Crippen LogP) is -1.12. The van der Waals surface area contributed by atoms with Crippen LogP contribution in [-0.2, 0) is 32.3 Å². The van der Waals surface area contributed by atoms with E-state index >= 15 is 0 Å². The summed E-state index contributed by atoms with van der Waals surface area (Å²) >= 11 is 1.47. The number of fused-ring (bicyclic) bond motifs is 2. The van der Waals surface area contributed by atoms with Crippen molar-refractivity contribution < 1.29 is 24.3 Å². The van der Waals surface area contributed by atoms with E-state index in [1.165, 1.54) is 16.7 Å². The van der Waals surface area contributed by atoms with Crippen molar-refractivity contribution in [2.75, 3.05) is 32.7 Å². The maximum Gasteiger partial charge on any atom is 0.353 e. The van der Waals surface area contributed by atoms with Crippen molar-refractivity contribution in [2.45, 2.75) is 69.6 Å². The zero-order valence-electron chi connectivity index (χ0n) is 23.3. The van der Waals surface area contributed by atoms with Gasteiger partial charge in [0.15, 0.2) is 5.82 Å². The molecule has 0 saturated carbocycles. The van der Waals surface area contributed by atoms with Gasteiger partial charge in [0.25, 0.3) is 0 Å². The third-order valence-electron chi connectivity index (χ3n) is 9.17. The quantitative estimate of drug-likeness (QED) is 0.297. The zero-order valence-corrected chi connectivity index (χ0v) is 24.1. The summed E-state index contributed by atoms with van der Waals surface area (Å²) in [7, 11) is 0. The number of Topliss-reactive ketones (excluding diaryl/α,β-unsaturated/α-hetero) is 1. The highest BCUT2D eigenvalue weighted by Gasteiger charge is 2.60. The van der Waals surface area contributed by atoms with Crippen LogP contribution in [0.5, 0.6) is 0 Å². The van der Waals surface area contributed by atoms with Gasteiger partial charge in [-0.3, -0.25) is 19.3 Å². The smallest absolute Gasteiger partial charge is 0.353 e. The maximum atomic E-state index is 13.3. The molecule has 1 aromatic rings. The number of amides is 2. The number of carbonyl (C=O) groups excluding carboxylic acids is 3. The van der Waals surface area contributed by atoms with Crippen LogP contribution in [0.3, 0.4) is 0 Å². The van der Waals surface area contributed by atoms with E-state index in [2.05, 4.69) is 20.8 Å². The maximum absolute atomic E-state index is 13.3. The number of tetrazole rings is 1. The van der Waals surface area contributed by atoms with Gasteiger partial charge in [-0.1, -0.05) is 13.8 Å². The first-order valence-electron chi connectivity index (χ1n) is 14.4. The van der Waals surface area contributed by atoms with Crippen LogP contribution in [0.15, 0.2) is 10.6 Å². The lowest BCUT2D eigenvalue weighted by Crippen LogP contribution is -2.62. The Morgan fingerprint density at radius 2 is 2.05 bits per heavy atom.